The standard InChI is InChI=1S/C31H17N3S/c32-18-19-6-8-20(9-7-19)24-4-1-5-28-29(24)25-17-23(13-15-27(25)35-28)26-14-12-22-11-10-21-3-2-16-33-30(21)31(22)34-26/h1-17H. The van der Waals surface area contributed by atoms with Crippen LogP contribution in [0.2, 0.25) is 0 Å². The molecule has 0 aliphatic heterocycles. The second kappa shape index (κ2) is 7.73. The monoisotopic (exact) mass is 463 g/mol. The highest BCUT2D eigenvalue weighted by Crippen LogP contribution is 2.41. The molecule has 162 valence electrons. The molecule has 0 amide bonds. The maximum atomic E-state index is 9.18. The summed E-state index contributed by atoms with van der Waals surface area (Å²) in [5.74, 6) is 0. The molecule has 0 unspecified atom stereocenters. The summed E-state index contributed by atoms with van der Waals surface area (Å²) in [5, 5.41) is 13.8. The molecule has 3 nitrogen and oxygen atoms in total. The van der Waals surface area contributed by atoms with Gasteiger partial charge in [0, 0.05) is 42.7 Å². The minimum absolute atomic E-state index is 0.669. The lowest BCUT2D eigenvalue weighted by Crippen LogP contribution is -1.88. The molecule has 0 aliphatic rings. The Morgan fingerprint density at radius 1 is 0.686 bits per heavy atom. The summed E-state index contributed by atoms with van der Waals surface area (Å²) in [5.41, 5.74) is 6.83. The van der Waals surface area contributed by atoms with E-state index in [0.29, 0.717) is 5.56 Å². The van der Waals surface area contributed by atoms with E-state index in [1.807, 2.05) is 36.5 Å². The molecule has 3 heterocycles. The summed E-state index contributed by atoms with van der Waals surface area (Å²) in [6, 6.07) is 35.6. The lowest BCUT2D eigenvalue weighted by molar-refractivity contribution is 1.37. The third-order valence-corrected chi connectivity index (χ3v) is 7.68. The van der Waals surface area contributed by atoms with Gasteiger partial charge in [-0.05, 0) is 53.6 Å². The molecule has 0 aliphatic carbocycles. The van der Waals surface area contributed by atoms with Crippen molar-refractivity contribution >= 4 is 53.3 Å². The van der Waals surface area contributed by atoms with Gasteiger partial charge < -0.3 is 0 Å². The minimum atomic E-state index is 0.669. The Morgan fingerprint density at radius 3 is 2.34 bits per heavy atom. The van der Waals surface area contributed by atoms with Crippen LogP contribution in [-0.2, 0) is 0 Å². The van der Waals surface area contributed by atoms with Crippen LogP contribution in [0.15, 0.2) is 103 Å². The van der Waals surface area contributed by atoms with Gasteiger partial charge in [0.1, 0.15) is 0 Å². The van der Waals surface area contributed by atoms with Gasteiger partial charge in [0.25, 0.3) is 0 Å². The predicted molar refractivity (Wildman–Crippen MR) is 146 cm³/mol. The van der Waals surface area contributed by atoms with Crippen molar-refractivity contribution in [1.82, 2.24) is 9.97 Å². The maximum Gasteiger partial charge on any atom is 0.0991 e. The molecule has 0 N–H and O–H groups in total. The summed E-state index contributed by atoms with van der Waals surface area (Å²) >= 11 is 1.80. The van der Waals surface area contributed by atoms with Crippen molar-refractivity contribution in [2.24, 2.45) is 0 Å². The van der Waals surface area contributed by atoms with Gasteiger partial charge in [0.15, 0.2) is 0 Å². The summed E-state index contributed by atoms with van der Waals surface area (Å²) in [6.07, 6.45) is 1.82. The zero-order valence-corrected chi connectivity index (χ0v) is 19.4. The number of fused-ring (bicyclic) bond motifs is 6. The van der Waals surface area contributed by atoms with Crippen LogP contribution in [0.4, 0.5) is 0 Å². The van der Waals surface area contributed by atoms with Crippen LogP contribution in [0, 0.1) is 11.3 Å². The summed E-state index contributed by atoms with van der Waals surface area (Å²) in [6.45, 7) is 0. The van der Waals surface area contributed by atoms with Gasteiger partial charge in [0.2, 0.25) is 0 Å². The van der Waals surface area contributed by atoms with Crippen LogP contribution >= 0.6 is 11.3 Å². The Balaban J connectivity index is 1.45. The number of hydrogen-bond donors (Lipinski definition) is 0. The highest BCUT2D eigenvalue weighted by molar-refractivity contribution is 7.26. The zero-order valence-electron chi connectivity index (χ0n) is 18.6. The number of rotatable bonds is 2. The Hall–Kier alpha value is -4.59. The number of benzene rings is 4. The van der Waals surface area contributed by atoms with Crippen molar-refractivity contribution in [3.63, 3.8) is 0 Å². The van der Waals surface area contributed by atoms with Crippen molar-refractivity contribution in [2.45, 2.75) is 0 Å². The quantitative estimate of drug-likeness (QED) is 0.242. The van der Waals surface area contributed by atoms with E-state index < -0.39 is 0 Å². The second-order valence-electron chi connectivity index (χ2n) is 8.59. The number of nitrogens with zero attached hydrogens (tertiary/aromatic N) is 3. The van der Waals surface area contributed by atoms with E-state index in [4.69, 9.17) is 4.98 Å². The fourth-order valence-electron chi connectivity index (χ4n) is 4.84. The molecule has 0 radical (unpaired) electrons. The molecular formula is C31H17N3S. The Bertz CT molecular complexity index is 1960. The van der Waals surface area contributed by atoms with Crippen LogP contribution in [0.3, 0.4) is 0 Å². The Morgan fingerprint density at radius 2 is 1.49 bits per heavy atom. The van der Waals surface area contributed by atoms with Crippen molar-refractivity contribution in [3.05, 3.63) is 109 Å². The van der Waals surface area contributed by atoms with E-state index in [-0.39, 0.29) is 0 Å². The van der Waals surface area contributed by atoms with Crippen molar-refractivity contribution in [2.75, 3.05) is 0 Å². The number of aromatic nitrogens is 2. The van der Waals surface area contributed by atoms with Crippen LogP contribution in [0.5, 0.6) is 0 Å². The first-order valence-corrected chi connectivity index (χ1v) is 12.2. The number of thiophene rings is 1. The van der Waals surface area contributed by atoms with Gasteiger partial charge in [-0.1, -0.05) is 54.6 Å². The molecule has 7 rings (SSSR count). The molecule has 0 atom stereocenters. The molecule has 4 heteroatoms. The van der Waals surface area contributed by atoms with Gasteiger partial charge in [-0.25, -0.2) is 4.98 Å². The molecule has 0 bridgehead atoms. The lowest BCUT2D eigenvalue weighted by atomic mass is 9.97. The minimum Gasteiger partial charge on any atom is -0.254 e. The highest BCUT2D eigenvalue weighted by atomic mass is 32.1. The van der Waals surface area contributed by atoms with Gasteiger partial charge in [0.05, 0.1) is 28.4 Å². The molecule has 3 aromatic heterocycles. The van der Waals surface area contributed by atoms with E-state index in [9.17, 15) is 5.26 Å². The number of hydrogen-bond acceptors (Lipinski definition) is 4. The molecule has 7 aromatic rings. The fourth-order valence-corrected chi connectivity index (χ4v) is 5.95. The zero-order chi connectivity index (χ0) is 23.4. The SMILES string of the molecule is N#Cc1ccc(-c2cccc3sc4ccc(-c5ccc6ccc7cccnc7c6n5)cc4c23)cc1. The molecule has 0 saturated heterocycles. The third kappa shape index (κ3) is 3.18. The molecule has 4 aromatic carbocycles. The van der Waals surface area contributed by atoms with Gasteiger partial charge in [-0.2, -0.15) is 5.26 Å². The van der Waals surface area contributed by atoms with E-state index in [1.54, 1.807) is 11.3 Å². The van der Waals surface area contributed by atoms with Crippen LogP contribution in [0.25, 0.3) is 64.4 Å². The normalized spacial score (nSPS) is 11.4. The average Bonchev–Trinajstić information content (AvgIpc) is 3.31. The topological polar surface area (TPSA) is 49.6 Å². The molecular weight excluding hydrogens is 446 g/mol. The van der Waals surface area contributed by atoms with E-state index >= 15 is 0 Å². The van der Waals surface area contributed by atoms with Gasteiger partial charge >= 0.3 is 0 Å². The van der Waals surface area contributed by atoms with Crippen molar-refractivity contribution in [1.29, 1.82) is 5.26 Å². The maximum absolute atomic E-state index is 9.18. The van der Waals surface area contributed by atoms with Gasteiger partial charge in [-0.3, -0.25) is 4.98 Å². The third-order valence-electron chi connectivity index (χ3n) is 6.55. The lowest BCUT2D eigenvalue weighted by Gasteiger charge is -2.07. The first kappa shape index (κ1) is 19.8. The van der Waals surface area contributed by atoms with E-state index in [0.717, 1.165) is 38.6 Å². The van der Waals surface area contributed by atoms with Crippen LogP contribution in [-0.4, -0.2) is 9.97 Å². The summed E-state index contributed by atoms with van der Waals surface area (Å²) in [4.78, 5) is 9.66. The summed E-state index contributed by atoms with van der Waals surface area (Å²) in [7, 11) is 0. The highest BCUT2D eigenvalue weighted by Gasteiger charge is 2.13. The predicted octanol–water partition coefficient (Wildman–Crippen LogP) is 8.36. The molecule has 0 fully saturated rings. The number of nitriles is 1. The first-order valence-electron chi connectivity index (χ1n) is 11.4. The van der Waals surface area contributed by atoms with Crippen molar-refractivity contribution in [3.8, 4) is 28.5 Å². The molecule has 35 heavy (non-hydrogen) atoms. The molecule has 0 saturated carbocycles. The Kier molecular flexibility index (Phi) is 4.38. The Labute approximate surface area is 205 Å². The van der Waals surface area contributed by atoms with Crippen LogP contribution < -0.4 is 0 Å². The fraction of sp³-hybridized carbons (Fsp3) is 0. The van der Waals surface area contributed by atoms with E-state index in [2.05, 4.69) is 77.8 Å². The van der Waals surface area contributed by atoms with Crippen LogP contribution in [0.1, 0.15) is 5.56 Å². The first-order chi connectivity index (χ1) is 17.3. The number of pyridine rings is 2. The van der Waals surface area contributed by atoms with E-state index in [1.165, 1.54) is 25.7 Å². The summed E-state index contributed by atoms with van der Waals surface area (Å²) < 4.78 is 2.50. The van der Waals surface area contributed by atoms with Crippen molar-refractivity contribution < 1.29 is 0 Å². The average molecular weight is 464 g/mol. The smallest absolute Gasteiger partial charge is 0.0991 e. The largest absolute Gasteiger partial charge is 0.254 e. The molecule has 0 spiro atoms. The second-order valence-corrected chi connectivity index (χ2v) is 9.67. The van der Waals surface area contributed by atoms with Gasteiger partial charge in [-0.15, -0.1) is 11.3 Å².